The van der Waals surface area contributed by atoms with Gasteiger partial charge in [0.2, 0.25) is 0 Å². The maximum Gasteiger partial charge on any atom is 0.416 e. The first-order valence-corrected chi connectivity index (χ1v) is 10.9. The minimum atomic E-state index is -4.57. The number of benzene rings is 2. The van der Waals surface area contributed by atoms with Crippen molar-refractivity contribution in [1.29, 1.82) is 0 Å². The minimum absolute atomic E-state index is 0.0292. The Hall–Kier alpha value is -3.04. The van der Waals surface area contributed by atoms with Gasteiger partial charge in [-0.2, -0.15) is 13.2 Å². The van der Waals surface area contributed by atoms with Crippen LogP contribution in [0.15, 0.2) is 48.5 Å². The van der Waals surface area contributed by atoms with Gasteiger partial charge in [-0.15, -0.1) is 10.2 Å². The highest BCUT2D eigenvalue weighted by atomic mass is 19.4. The molecule has 0 atom stereocenters. The predicted octanol–water partition coefficient (Wildman–Crippen LogP) is 4.17. The van der Waals surface area contributed by atoms with Crippen molar-refractivity contribution in [3.8, 4) is 5.69 Å². The molecule has 1 aliphatic heterocycles. The van der Waals surface area contributed by atoms with Crippen LogP contribution in [0.4, 0.5) is 13.2 Å². The fourth-order valence-corrected chi connectivity index (χ4v) is 4.09. The predicted molar refractivity (Wildman–Crippen MR) is 118 cm³/mol. The summed E-state index contributed by atoms with van der Waals surface area (Å²) in [5.74, 6) is 0.694. The number of alkyl halides is 3. The van der Waals surface area contributed by atoms with E-state index in [0.29, 0.717) is 36.0 Å². The van der Waals surface area contributed by atoms with Crippen molar-refractivity contribution in [2.45, 2.75) is 32.1 Å². The van der Waals surface area contributed by atoms with E-state index in [0.717, 1.165) is 38.1 Å². The summed E-state index contributed by atoms with van der Waals surface area (Å²) in [6.45, 7) is 2.80. The molecule has 0 amide bonds. The molecule has 0 N–H and O–H groups in total. The van der Waals surface area contributed by atoms with Crippen molar-refractivity contribution in [3.05, 3.63) is 76.9 Å². The Labute approximate surface area is 190 Å². The van der Waals surface area contributed by atoms with Crippen LogP contribution in [0.1, 0.15) is 46.0 Å². The summed E-state index contributed by atoms with van der Waals surface area (Å²) in [7, 11) is 3.75. The second-order valence-corrected chi connectivity index (χ2v) is 8.51. The van der Waals surface area contributed by atoms with Crippen LogP contribution in [-0.2, 0) is 19.3 Å². The van der Waals surface area contributed by atoms with Crippen LogP contribution >= 0.6 is 0 Å². The van der Waals surface area contributed by atoms with Crippen molar-refractivity contribution >= 4 is 5.78 Å². The summed E-state index contributed by atoms with van der Waals surface area (Å²) in [6, 6.07) is 11.6. The van der Waals surface area contributed by atoms with Gasteiger partial charge in [0.05, 0.1) is 24.3 Å². The Morgan fingerprint density at radius 3 is 2.30 bits per heavy atom. The first-order valence-electron chi connectivity index (χ1n) is 10.9. The second kappa shape index (κ2) is 9.44. The largest absolute Gasteiger partial charge is 0.416 e. The zero-order valence-electron chi connectivity index (χ0n) is 18.6. The first-order chi connectivity index (χ1) is 15.7. The molecule has 174 valence electrons. The lowest BCUT2D eigenvalue weighted by Crippen LogP contribution is -2.23. The molecule has 3 aromatic rings. The number of aromatic nitrogens is 3. The molecule has 1 aliphatic rings. The highest BCUT2D eigenvalue weighted by Crippen LogP contribution is 2.33. The molecule has 2 heterocycles. The number of ketones is 1. The lowest BCUT2D eigenvalue weighted by atomic mass is 9.99. The van der Waals surface area contributed by atoms with Gasteiger partial charge in [-0.25, -0.2) is 0 Å². The molecule has 1 aromatic heterocycles. The number of carbonyl (C=O) groups excluding carboxylic acids is 1. The van der Waals surface area contributed by atoms with E-state index in [4.69, 9.17) is 0 Å². The summed E-state index contributed by atoms with van der Waals surface area (Å²) < 4.78 is 42.4. The summed E-state index contributed by atoms with van der Waals surface area (Å²) >= 11 is 0. The quantitative estimate of drug-likeness (QED) is 0.499. The molecule has 9 heteroatoms. The molecule has 6 nitrogen and oxygen atoms in total. The van der Waals surface area contributed by atoms with Crippen LogP contribution in [0.25, 0.3) is 5.69 Å². The van der Waals surface area contributed by atoms with Crippen LogP contribution in [-0.4, -0.2) is 57.5 Å². The lowest BCUT2D eigenvalue weighted by Gasteiger charge is -2.20. The fraction of sp³-hybridized carbons (Fsp3) is 0.375. The molecule has 0 radical (unpaired) electrons. The monoisotopic (exact) mass is 457 g/mol. The van der Waals surface area contributed by atoms with Crippen molar-refractivity contribution in [1.82, 2.24) is 24.6 Å². The van der Waals surface area contributed by atoms with Crippen molar-refractivity contribution in [2.24, 2.45) is 0 Å². The molecule has 2 aromatic carbocycles. The number of likely N-dealkylation sites (tertiary alicyclic amines) is 1. The summed E-state index contributed by atoms with van der Waals surface area (Å²) in [5, 5.41) is 8.69. The molecular formula is C24H26F3N5O. The zero-order chi connectivity index (χ0) is 23.6. The third-order valence-electron chi connectivity index (χ3n) is 5.66. The van der Waals surface area contributed by atoms with E-state index in [2.05, 4.69) is 15.1 Å². The number of rotatable bonds is 7. The molecule has 1 saturated heterocycles. The molecule has 0 aliphatic carbocycles. The van der Waals surface area contributed by atoms with Gasteiger partial charge in [-0.3, -0.25) is 14.3 Å². The van der Waals surface area contributed by atoms with E-state index < -0.39 is 17.5 Å². The Bertz CT molecular complexity index is 1120. The van der Waals surface area contributed by atoms with E-state index in [1.807, 2.05) is 19.0 Å². The maximum absolute atomic E-state index is 13.6. The highest BCUT2D eigenvalue weighted by molar-refractivity contribution is 6.11. The average Bonchev–Trinajstić information content (AvgIpc) is 3.43. The topological polar surface area (TPSA) is 54.3 Å². The summed E-state index contributed by atoms with van der Waals surface area (Å²) in [5.41, 5.74) is -0.221. The van der Waals surface area contributed by atoms with Crippen molar-refractivity contribution in [3.63, 3.8) is 0 Å². The lowest BCUT2D eigenvalue weighted by molar-refractivity contribution is -0.137. The third kappa shape index (κ3) is 5.15. The molecule has 33 heavy (non-hydrogen) atoms. The van der Waals surface area contributed by atoms with Gasteiger partial charge in [-0.1, -0.05) is 30.3 Å². The van der Waals surface area contributed by atoms with Gasteiger partial charge >= 0.3 is 6.18 Å². The molecule has 0 saturated carbocycles. The number of hydrogen-bond acceptors (Lipinski definition) is 5. The number of carbonyl (C=O) groups is 1. The molecule has 0 bridgehead atoms. The van der Waals surface area contributed by atoms with Gasteiger partial charge in [0.1, 0.15) is 0 Å². The standard InChI is InChI=1S/C24H26F3N5O/c1-30(2)15-21-28-29-22(16-31-12-6-7-13-31)32(21)20-11-10-18(24(25,26)27)14-19(20)23(33)17-8-4-3-5-9-17/h3-5,8-11,14H,6-7,12-13,15-16H2,1-2H3. The van der Waals surface area contributed by atoms with Gasteiger partial charge in [-0.05, 0) is 58.2 Å². The number of nitrogens with zero attached hydrogens (tertiary/aromatic N) is 5. The average molecular weight is 458 g/mol. The Morgan fingerprint density at radius 2 is 1.67 bits per heavy atom. The van der Waals surface area contributed by atoms with E-state index in [1.165, 1.54) is 6.07 Å². The Morgan fingerprint density at radius 1 is 1.00 bits per heavy atom. The number of hydrogen-bond donors (Lipinski definition) is 0. The van der Waals surface area contributed by atoms with E-state index in [1.54, 1.807) is 34.9 Å². The number of halogens is 3. The third-order valence-corrected chi connectivity index (χ3v) is 5.66. The molecule has 4 rings (SSSR count). The highest BCUT2D eigenvalue weighted by Gasteiger charge is 2.33. The minimum Gasteiger partial charge on any atom is -0.302 e. The van der Waals surface area contributed by atoms with Crippen molar-refractivity contribution < 1.29 is 18.0 Å². The van der Waals surface area contributed by atoms with Gasteiger partial charge in [0.15, 0.2) is 17.4 Å². The smallest absolute Gasteiger partial charge is 0.302 e. The zero-order valence-corrected chi connectivity index (χ0v) is 18.6. The second-order valence-electron chi connectivity index (χ2n) is 8.51. The molecule has 0 spiro atoms. The molecule has 1 fully saturated rings. The van der Waals surface area contributed by atoms with Crippen LogP contribution in [0.5, 0.6) is 0 Å². The van der Waals surface area contributed by atoms with Crippen molar-refractivity contribution in [2.75, 3.05) is 27.2 Å². The van der Waals surface area contributed by atoms with Gasteiger partial charge in [0.25, 0.3) is 0 Å². The Balaban J connectivity index is 1.88. The van der Waals surface area contributed by atoms with E-state index in [9.17, 15) is 18.0 Å². The molecule has 0 unspecified atom stereocenters. The van der Waals surface area contributed by atoms with Crippen LogP contribution in [0.3, 0.4) is 0 Å². The van der Waals surface area contributed by atoms with Crippen LogP contribution in [0, 0.1) is 0 Å². The van der Waals surface area contributed by atoms with Gasteiger partial charge in [0, 0.05) is 11.1 Å². The summed E-state index contributed by atoms with van der Waals surface area (Å²) in [6.07, 6.45) is -2.38. The fourth-order valence-electron chi connectivity index (χ4n) is 4.09. The molecular weight excluding hydrogens is 431 g/mol. The summed E-state index contributed by atoms with van der Waals surface area (Å²) in [4.78, 5) is 17.5. The Kier molecular flexibility index (Phi) is 6.62. The van der Waals surface area contributed by atoms with Crippen LogP contribution < -0.4 is 0 Å². The first kappa shape index (κ1) is 23.1. The van der Waals surface area contributed by atoms with E-state index >= 15 is 0 Å². The SMILES string of the molecule is CN(C)Cc1nnc(CN2CCCC2)n1-c1ccc(C(F)(F)F)cc1C(=O)c1ccccc1. The normalized spacial score (nSPS) is 14.8. The maximum atomic E-state index is 13.6. The van der Waals surface area contributed by atoms with Gasteiger partial charge < -0.3 is 4.90 Å². The van der Waals surface area contributed by atoms with Crippen LogP contribution in [0.2, 0.25) is 0 Å². The van der Waals surface area contributed by atoms with E-state index in [-0.39, 0.29) is 5.56 Å².